The van der Waals surface area contributed by atoms with Crippen molar-refractivity contribution >= 4 is 33.7 Å². The van der Waals surface area contributed by atoms with Gasteiger partial charge in [-0.3, -0.25) is 38.9 Å². The fraction of sp³-hybridized carbons (Fsp3) is 0.464. The Labute approximate surface area is 419 Å². The third-order valence-corrected chi connectivity index (χ3v) is 14.9. The van der Waals surface area contributed by atoms with Crippen molar-refractivity contribution in [2.24, 2.45) is 10.8 Å². The van der Waals surface area contributed by atoms with Crippen molar-refractivity contribution in [3.8, 4) is 23.0 Å². The first kappa shape index (κ1) is 50.2. The molecule has 0 unspecified atom stereocenters. The van der Waals surface area contributed by atoms with Gasteiger partial charge in [-0.1, -0.05) is 24.3 Å². The molecule has 4 aliphatic heterocycles. The molecule has 2 aromatic carbocycles. The number of nitrogens with zero attached hydrogens (tertiary/aromatic N) is 6. The predicted molar refractivity (Wildman–Crippen MR) is 273 cm³/mol. The first-order valence-corrected chi connectivity index (χ1v) is 25.5. The molecule has 2 fully saturated rings. The number of likely N-dealkylation sites (tertiary alicyclic amines) is 2. The van der Waals surface area contributed by atoms with E-state index in [1.807, 2.05) is 73.9 Å². The highest BCUT2D eigenvalue weighted by atomic mass is 16.6. The van der Waals surface area contributed by atoms with E-state index in [9.17, 15) is 24.3 Å². The molecule has 0 atom stereocenters. The number of carboxylic acids is 1. The molecule has 0 spiro atoms. The number of aryl methyl sites for hydroxylation is 4. The predicted octanol–water partition coefficient (Wildman–Crippen LogP) is 7.73. The van der Waals surface area contributed by atoms with Gasteiger partial charge in [0.2, 0.25) is 0 Å². The fourth-order valence-corrected chi connectivity index (χ4v) is 10.7. The molecule has 0 radical (unpaired) electrons. The van der Waals surface area contributed by atoms with E-state index in [1.54, 1.807) is 29.1 Å². The topological polar surface area (TPSA) is 177 Å². The van der Waals surface area contributed by atoms with Gasteiger partial charge in [-0.15, -0.1) is 0 Å². The molecule has 4 aromatic heterocycles. The Morgan fingerprint density at radius 2 is 1.01 bits per heavy atom. The lowest BCUT2D eigenvalue weighted by Gasteiger charge is -2.40. The number of aromatic nitrogens is 4. The third kappa shape index (κ3) is 11.4. The summed E-state index contributed by atoms with van der Waals surface area (Å²) in [5, 5.41) is 12.2. The lowest BCUT2D eigenvalue weighted by molar-refractivity contribution is -0.159. The quantitative estimate of drug-likeness (QED) is 0.0990. The number of carboxylic acid groups (broad SMARTS) is 1. The molecular formula is C56H66N6O10. The number of carbonyl (C=O) groups excluding carboxylic acids is 1. The third-order valence-electron chi connectivity index (χ3n) is 14.9. The van der Waals surface area contributed by atoms with Crippen LogP contribution in [-0.4, -0.2) is 105 Å². The Bertz CT molecular complexity index is 3030. The minimum atomic E-state index is -0.763. The van der Waals surface area contributed by atoms with Crippen molar-refractivity contribution in [2.45, 2.75) is 98.3 Å². The molecule has 4 aliphatic rings. The van der Waals surface area contributed by atoms with Gasteiger partial charge in [-0.05, 0) is 144 Å². The van der Waals surface area contributed by atoms with Gasteiger partial charge in [0.15, 0.2) is 23.0 Å². The first-order chi connectivity index (χ1) is 34.9. The van der Waals surface area contributed by atoms with Crippen LogP contribution in [0.1, 0.15) is 80.8 Å². The summed E-state index contributed by atoms with van der Waals surface area (Å²) in [4.78, 5) is 64.4. The van der Waals surface area contributed by atoms with Crippen molar-refractivity contribution in [1.29, 1.82) is 0 Å². The normalized spacial score (nSPS) is 17.2. The Hall–Kier alpha value is -6.78. The van der Waals surface area contributed by atoms with Crippen LogP contribution in [0.15, 0.2) is 94.8 Å². The molecule has 10 rings (SSSR count). The van der Waals surface area contributed by atoms with Crippen LogP contribution in [0, 0.1) is 24.7 Å². The van der Waals surface area contributed by atoms with E-state index in [-0.39, 0.29) is 17.1 Å². The van der Waals surface area contributed by atoms with E-state index < -0.39 is 16.8 Å². The summed E-state index contributed by atoms with van der Waals surface area (Å²) < 4.78 is 31.6. The van der Waals surface area contributed by atoms with E-state index in [0.717, 1.165) is 88.2 Å². The van der Waals surface area contributed by atoms with Crippen LogP contribution in [0.3, 0.4) is 0 Å². The van der Waals surface area contributed by atoms with Crippen LogP contribution in [0.4, 0.5) is 0 Å². The van der Waals surface area contributed by atoms with Crippen molar-refractivity contribution in [3.05, 3.63) is 128 Å². The highest BCUT2D eigenvalue weighted by molar-refractivity contribution is 5.81. The largest absolute Gasteiger partial charge is 0.486 e. The number of fused-ring (bicyclic) bond motifs is 4. The van der Waals surface area contributed by atoms with E-state index >= 15 is 0 Å². The summed E-state index contributed by atoms with van der Waals surface area (Å²) in [6.45, 7) is 13.8. The fourth-order valence-electron chi connectivity index (χ4n) is 10.7. The number of ether oxygens (including phenoxy) is 5. The van der Waals surface area contributed by atoms with Gasteiger partial charge in [0.1, 0.15) is 26.4 Å². The van der Waals surface area contributed by atoms with Crippen molar-refractivity contribution < 1.29 is 38.4 Å². The van der Waals surface area contributed by atoms with Gasteiger partial charge in [-0.25, -0.2) is 0 Å². The molecule has 72 heavy (non-hydrogen) atoms. The molecule has 0 amide bonds. The SMILES string of the molecule is CCOC(=O)C1(CCCn2c(=O)ccc3ccc(C)cc32)CCN(Cc2cc3c(cn2)OCCO3)CC1.Cc1ccc2ccc(=O)n(CCCC3(C(=O)O)CCN(Cc4cc5c(cn4)OCCO5)CC3)c2c1. The average Bonchev–Trinajstić information content (AvgIpc) is 3.39. The molecule has 16 heteroatoms. The van der Waals surface area contributed by atoms with Gasteiger partial charge in [0.05, 0.1) is 52.3 Å². The summed E-state index contributed by atoms with van der Waals surface area (Å²) in [5.41, 5.74) is 4.54. The van der Waals surface area contributed by atoms with Crippen LogP contribution >= 0.6 is 0 Å². The first-order valence-electron chi connectivity index (χ1n) is 25.5. The smallest absolute Gasteiger partial charge is 0.312 e. The Morgan fingerprint density at radius 3 is 1.46 bits per heavy atom. The number of rotatable bonds is 15. The highest BCUT2D eigenvalue weighted by Crippen LogP contribution is 2.40. The van der Waals surface area contributed by atoms with E-state index in [0.29, 0.717) is 116 Å². The minimum Gasteiger partial charge on any atom is -0.486 e. The van der Waals surface area contributed by atoms with Crippen LogP contribution in [0.25, 0.3) is 21.8 Å². The number of hydrogen-bond donors (Lipinski definition) is 1. The number of carbonyl (C=O) groups is 2. The number of benzene rings is 2. The van der Waals surface area contributed by atoms with E-state index in [1.165, 1.54) is 0 Å². The second-order valence-corrected chi connectivity index (χ2v) is 19.8. The lowest BCUT2D eigenvalue weighted by Crippen LogP contribution is -2.45. The highest BCUT2D eigenvalue weighted by Gasteiger charge is 2.43. The average molecular weight is 983 g/mol. The van der Waals surface area contributed by atoms with Crippen molar-refractivity contribution in [3.63, 3.8) is 0 Å². The number of pyridine rings is 4. The van der Waals surface area contributed by atoms with Crippen LogP contribution < -0.4 is 30.1 Å². The molecule has 16 nitrogen and oxygen atoms in total. The summed E-state index contributed by atoms with van der Waals surface area (Å²) in [6, 6.07) is 23.0. The maximum Gasteiger partial charge on any atom is 0.312 e. The van der Waals surface area contributed by atoms with E-state index in [2.05, 4.69) is 31.9 Å². The molecule has 0 bridgehead atoms. The molecule has 380 valence electrons. The maximum atomic E-state index is 13.2. The zero-order valence-electron chi connectivity index (χ0n) is 41.7. The van der Waals surface area contributed by atoms with Gasteiger partial charge in [0.25, 0.3) is 11.1 Å². The molecule has 6 aromatic rings. The second kappa shape index (κ2) is 22.3. The molecular weight excluding hydrogens is 917 g/mol. The molecule has 1 N–H and O–H groups in total. The van der Waals surface area contributed by atoms with Gasteiger partial charge in [-0.2, -0.15) is 0 Å². The number of hydrogen-bond acceptors (Lipinski definition) is 13. The second-order valence-electron chi connectivity index (χ2n) is 19.8. The molecule has 0 saturated carbocycles. The Balaban J connectivity index is 0.000000178. The van der Waals surface area contributed by atoms with Crippen LogP contribution in [0.5, 0.6) is 23.0 Å². The van der Waals surface area contributed by atoms with Gasteiger partial charge >= 0.3 is 11.9 Å². The summed E-state index contributed by atoms with van der Waals surface area (Å²) >= 11 is 0. The number of esters is 1. The van der Waals surface area contributed by atoms with Gasteiger partial charge in [0, 0.05) is 50.4 Å². The summed E-state index contributed by atoms with van der Waals surface area (Å²) in [6.07, 6.45) is 8.65. The molecule has 0 aliphatic carbocycles. The zero-order chi connectivity index (χ0) is 50.2. The van der Waals surface area contributed by atoms with Crippen molar-refractivity contribution in [1.82, 2.24) is 28.9 Å². The maximum absolute atomic E-state index is 13.2. The van der Waals surface area contributed by atoms with Crippen molar-refractivity contribution in [2.75, 3.05) is 59.2 Å². The Kier molecular flexibility index (Phi) is 15.6. The van der Waals surface area contributed by atoms with E-state index in [4.69, 9.17) is 23.7 Å². The summed E-state index contributed by atoms with van der Waals surface area (Å²) in [7, 11) is 0. The molecule has 8 heterocycles. The number of piperidine rings is 2. The Morgan fingerprint density at radius 1 is 0.597 bits per heavy atom. The van der Waals surface area contributed by atoms with Gasteiger partial charge < -0.3 is 37.9 Å². The lowest BCUT2D eigenvalue weighted by atomic mass is 9.74. The zero-order valence-corrected chi connectivity index (χ0v) is 41.7. The van der Waals surface area contributed by atoms with Crippen LogP contribution in [-0.2, 0) is 40.5 Å². The van der Waals surface area contributed by atoms with Crippen LogP contribution in [0.2, 0.25) is 0 Å². The monoisotopic (exact) mass is 982 g/mol. The standard InChI is InChI=1S/C29H35N3O5.C27H31N3O5/c1-3-35-28(34)29(9-4-12-32-24-17-21(2)5-6-22(24)7-8-27(32)33)10-13-31(14-11-29)20-23-18-25-26(19-30-23)37-16-15-36-25;1-19-3-4-20-5-6-25(31)30(22(20)15-19)10-2-7-27(26(32)33)8-11-29(12-9-27)18-21-16-23-24(17-28-21)35-14-13-34-23/h5-8,17-19H,3-4,9-16,20H2,1-2H3;3-6,15-17H,2,7-14,18H2,1H3,(H,32,33). The molecule has 2 saturated heterocycles. The summed E-state index contributed by atoms with van der Waals surface area (Å²) in [5.74, 6) is 1.97. The minimum absolute atomic E-state index is 0.00923. The number of aliphatic carboxylic acids is 1.